The van der Waals surface area contributed by atoms with Crippen LogP contribution in [0.25, 0.3) is 0 Å². The number of benzene rings is 2. The van der Waals surface area contributed by atoms with E-state index < -0.39 is 47.9 Å². The molecular weight excluding hydrogens is 540 g/mol. The van der Waals surface area contributed by atoms with E-state index in [0.717, 1.165) is 25.7 Å². The summed E-state index contributed by atoms with van der Waals surface area (Å²) in [6.07, 6.45) is 3.00. The van der Waals surface area contributed by atoms with E-state index in [1.54, 1.807) is 57.2 Å². The number of nitrogens with two attached hydrogens (primary N) is 1. The van der Waals surface area contributed by atoms with E-state index >= 15 is 0 Å². The third-order valence-corrected chi connectivity index (χ3v) is 6.31. The molecule has 42 heavy (non-hydrogen) atoms. The number of amides is 4. The zero-order valence-corrected chi connectivity index (χ0v) is 25.1. The minimum atomic E-state index is -1.37. The van der Waals surface area contributed by atoms with Crippen molar-refractivity contribution in [1.82, 2.24) is 10.2 Å². The lowest BCUT2D eigenvalue weighted by Crippen LogP contribution is -2.53. The number of carbonyl (C=O) groups is 4. The maximum Gasteiger partial charge on any atom is 0.408 e. The van der Waals surface area contributed by atoms with Crippen LogP contribution >= 0.6 is 0 Å². The van der Waals surface area contributed by atoms with Crippen LogP contribution in [0.4, 0.5) is 10.5 Å². The first-order valence-electron chi connectivity index (χ1n) is 14.2. The zero-order chi connectivity index (χ0) is 31.3. The van der Waals surface area contributed by atoms with Gasteiger partial charge >= 0.3 is 6.09 Å². The molecule has 0 saturated heterocycles. The number of alkyl carbamates (subject to hydrolysis) is 1. The van der Waals surface area contributed by atoms with Crippen molar-refractivity contribution >= 4 is 29.5 Å². The van der Waals surface area contributed by atoms with E-state index in [9.17, 15) is 24.3 Å². The maximum atomic E-state index is 14.1. The summed E-state index contributed by atoms with van der Waals surface area (Å²) in [7, 11) is 1.53. The second kappa shape index (κ2) is 16.2. The topological polar surface area (TPSA) is 160 Å². The Kier molecular flexibility index (Phi) is 13.1. The van der Waals surface area contributed by atoms with Crippen LogP contribution in [0, 0.1) is 0 Å². The summed E-state index contributed by atoms with van der Waals surface area (Å²) in [5.74, 6) is -1.41. The van der Waals surface area contributed by atoms with Crippen molar-refractivity contribution in [3.63, 3.8) is 0 Å². The molecule has 0 bridgehead atoms. The third-order valence-electron chi connectivity index (χ3n) is 6.31. The number of ether oxygens (including phenoxy) is 2. The molecule has 0 aliphatic rings. The number of anilines is 1. The molecule has 2 rings (SSSR count). The van der Waals surface area contributed by atoms with Crippen molar-refractivity contribution in [2.45, 2.75) is 83.9 Å². The zero-order valence-electron chi connectivity index (χ0n) is 25.1. The Hall–Kier alpha value is -4.28. The number of phenols is 1. The summed E-state index contributed by atoms with van der Waals surface area (Å²) in [5, 5.41) is 15.2. The third kappa shape index (κ3) is 11.3. The van der Waals surface area contributed by atoms with E-state index in [2.05, 4.69) is 17.6 Å². The summed E-state index contributed by atoms with van der Waals surface area (Å²) >= 11 is 0. The number of nitrogens with zero attached hydrogens (tertiary/aromatic N) is 1. The number of primary amides is 1. The van der Waals surface area contributed by atoms with Gasteiger partial charge in [-0.3, -0.25) is 14.4 Å². The van der Waals surface area contributed by atoms with Gasteiger partial charge in [0.1, 0.15) is 29.2 Å². The van der Waals surface area contributed by atoms with Gasteiger partial charge in [0.2, 0.25) is 11.8 Å². The number of unbranched alkanes of at least 4 members (excludes halogenated alkanes) is 4. The van der Waals surface area contributed by atoms with Gasteiger partial charge in [-0.25, -0.2) is 4.79 Å². The SMILES string of the molecule is CCCCCCCN(C(=O)C(CC(N)=O)NC(=O)OC(C)(C)C)C(C(=O)Nc1ccc(OC)cc1)c1ccc(O)cc1. The smallest absolute Gasteiger partial charge is 0.408 e. The van der Waals surface area contributed by atoms with E-state index in [-0.39, 0.29) is 12.3 Å². The first-order valence-corrected chi connectivity index (χ1v) is 14.2. The molecule has 0 radical (unpaired) electrons. The van der Waals surface area contributed by atoms with Crippen LogP contribution in [0.5, 0.6) is 11.5 Å². The van der Waals surface area contributed by atoms with Crippen LogP contribution in [0.1, 0.15) is 77.8 Å². The Labute approximate surface area is 247 Å². The molecule has 0 spiro atoms. The van der Waals surface area contributed by atoms with Gasteiger partial charge < -0.3 is 35.8 Å². The molecule has 0 fully saturated rings. The van der Waals surface area contributed by atoms with Crippen LogP contribution in [0.2, 0.25) is 0 Å². The number of phenolic OH excluding ortho intramolecular Hbond substituents is 1. The molecule has 11 heteroatoms. The number of nitrogens with one attached hydrogen (secondary N) is 2. The molecule has 230 valence electrons. The Morgan fingerprint density at radius 2 is 1.57 bits per heavy atom. The second-order valence-electron chi connectivity index (χ2n) is 11.0. The van der Waals surface area contributed by atoms with Gasteiger partial charge in [0.25, 0.3) is 5.91 Å². The first kappa shape index (κ1) is 33.9. The molecule has 0 saturated carbocycles. The molecule has 0 aliphatic carbocycles. The summed E-state index contributed by atoms with van der Waals surface area (Å²) in [6.45, 7) is 7.27. The number of carbonyl (C=O) groups excluding carboxylic acids is 4. The van der Waals surface area contributed by atoms with E-state index in [1.807, 2.05) is 0 Å². The Balaban J connectivity index is 2.51. The van der Waals surface area contributed by atoms with Gasteiger partial charge in [-0.2, -0.15) is 0 Å². The average Bonchev–Trinajstić information content (AvgIpc) is 2.91. The van der Waals surface area contributed by atoms with E-state index in [0.29, 0.717) is 23.4 Å². The predicted octanol–water partition coefficient (Wildman–Crippen LogP) is 4.65. The maximum absolute atomic E-state index is 14.1. The lowest BCUT2D eigenvalue weighted by molar-refractivity contribution is -0.142. The normalized spacial score (nSPS) is 12.5. The molecular formula is C31H44N4O7. The fraction of sp³-hybridized carbons (Fsp3) is 0.484. The highest BCUT2D eigenvalue weighted by Crippen LogP contribution is 2.27. The minimum absolute atomic E-state index is 0.0105. The van der Waals surface area contributed by atoms with Crippen molar-refractivity contribution < 1.29 is 33.8 Å². The van der Waals surface area contributed by atoms with Crippen LogP contribution in [-0.2, 0) is 19.1 Å². The number of rotatable bonds is 15. The Morgan fingerprint density at radius 1 is 0.952 bits per heavy atom. The molecule has 0 aromatic heterocycles. The van der Waals surface area contributed by atoms with Crippen LogP contribution in [-0.4, -0.2) is 59.1 Å². The molecule has 11 nitrogen and oxygen atoms in total. The van der Waals surface area contributed by atoms with Crippen molar-refractivity contribution in [2.24, 2.45) is 5.73 Å². The number of hydrogen-bond donors (Lipinski definition) is 4. The molecule has 4 amide bonds. The van der Waals surface area contributed by atoms with Crippen LogP contribution in [0.15, 0.2) is 48.5 Å². The summed E-state index contributed by atoms with van der Waals surface area (Å²) < 4.78 is 10.5. The number of hydrogen-bond acceptors (Lipinski definition) is 7. The Bertz CT molecular complexity index is 1180. The van der Waals surface area contributed by atoms with Gasteiger partial charge in [-0.1, -0.05) is 44.7 Å². The van der Waals surface area contributed by atoms with E-state index in [4.69, 9.17) is 15.2 Å². The highest BCUT2D eigenvalue weighted by Gasteiger charge is 2.37. The highest BCUT2D eigenvalue weighted by molar-refractivity contribution is 5.99. The predicted molar refractivity (Wildman–Crippen MR) is 160 cm³/mol. The largest absolute Gasteiger partial charge is 0.508 e. The van der Waals surface area contributed by atoms with Crippen molar-refractivity contribution in [2.75, 3.05) is 19.0 Å². The van der Waals surface area contributed by atoms with E-state index in [1.165, 1.54) is 24.1 Å². The van der Waals surface area contributed by atoms with Gasteiger partial charge in [-0.05, 0) is 69.2 Å². The summed E-state index contributed by atoms with van der Waals surface area (Å²) in [5.41, 5.74) is 5.51. The second-order valence-corrected chi connectivity index (χ2v) is 11.0. The first-order chi connectivity index (χ1) is 19.8. The molecule has 2 aromatic carbocycles. The van der Waals surface area contributed by atoms with Gasteiger partial charge in [0, 0.05) is 12.2 Å². The monoisotopic (exact) mass is 584 g/mol. The molecule has 2 aromatic rings. The lowest BCUT2D eigenvalue weighted by Gasteiger charge is -2.34. The lowest BCUT2D eigenvalue weighted by atomic mass is 10.0. The Morgan fingerprint density at radius 3 is 2.12 bits per heavy atom. The number of methoxy groups -OCH3 is 1. The summed E-state index contributed by atoms with van der Waals surface area (Å²) in [4.78, 5) is 54.0. The molecule has 0 heterocycles. The molecule has 2 unspecified atom stereocenters. The van der Waals surface area contributed by atoms with Crippen LogP contribution < -0.4 is 21.1 Å². The standard InChI is InChI=1S/C31H44N4O7/c1-6-7-8-9-10-19-35(29(39)25(20-26(32)37)34-30(40)42-31(2,3)4)27(21-11-15-23(36)16-12-21)28(38)33-22-13-17-24(41-5)18-14-22/h11-18,25,27,36H,6-10,19-20H2,1-5H3,(H2,32,37)(H,33,38)(H,34,40). The quantitative estimate of drug-likeness (QED) is 0.222. The minimum Gasteiger partial charge on any atom is -0.508 e. The highest BCUT2D eigenvalue weighted by atomic mass is 16.6. The fourth-order valence-electron chi connectivity index (χ4n) is 4.32. The van der Waals surface area contributed by atoms with Crippen molar-refractivity contribution in [1.29, 1.82) is 0 Å². The van der Waals surface area contributed by atoms with Crippen molar-refractivity contribution in [3.05, 3.63) is 54.1 Å². The fourth-order valence-corrected chi connectivity index (χ4v) is 4.32. The summed E-state index contributed by atoms with van der Waals surface area (Å²) in [6, 6.07) is 10.1. The van der Waals surface area contributed by atoms with Gasteiger partial charge in [-0.15, -0.1) is 0 Å². The average molecular weight is 585 g/mol. The van der Waals surface area contributed by atoms with Gasteiger partial charge in [0.15, 0.2) is 0 Å². The van der Waals surface area contributed by atoms with Gasteiger partial charge in [0.05, 0.1) is 13.5 Å². The molecule has 2 atom stereocenters. The molecule has 5 N–H and O–H groups in total. The van der Waals surface area contributed by atoms with Crippen LogP contribution in [0.3, 0.4) is 0 Å². The number of aromatic hydroxyl groups is 1. The molecule has 0 aliphatic heterocycles. The van der Waals surface area contributed by atoms with Crippen molar-refractivity contribution in [3.8, 4) is 11.5 Å².